The minimum atomic E-state index is -0.282. The molecule has 0 fully saturated rings. The molecule has 0 bridgehead atoms. The van der Waals surface area contributed by atoms with Crippen molar-refractivity contribution in [2.75, 3.05) is 12.4 Å². The summed E-state index contributed by atoms with van der Waals surface area (Å²) < 4.78 is 10.8. The van der Waals surface area contributed by atoms with Gasteiger partial charge in [0.05, 0.1) is 7.11 Å². The molecule has 5 nitrogen and oxygen atoms in total. The molecule has 3 rings (SSSR count). The Balaban J connectivity index is 1.58. The average Bonchev–Trinajstić information content (AvgIpc) is 2.72. The minimum absolute atomic E-state index is 0.0216. The highest BCUT2D eigenvalue weighted by atomic mass is 16.5. The van der Waals surface area contributed by atoms with Crippen LogP contribution in [0.4, 0.5) is 5.69 Å². The van der Waals surface area contributed by atoms with E-state index in [0.29, 0.717) is 29.4 Å². The molecule has 0 aliphatic carbocycles. The van der Waals surface area contributed by atoms with Crippen LogP contribution in [0.2, 0.25) is 0 Å². The number of carbonyl (C=O) groups is 1. The van der Waals surface area contributed by atoms with Crippen LogP contribution in [0.25, 0.3) is 6.08 Å². The lowest BCUT2D eigenvalue weighted by atomic mass is 10.2. The highest BCUT2D eigenvalue weighted by Crippen LogP contribution is 2.26. The van der Waals surface area contributed by atoms with Crippen LogP contribution in [0.15, 0.2) is 78.9 Å². The Morgan fingerprint density at radius 2 is 1.86 bits per heavy atom. The summed E-state index contributed by atoms with van der Waals surface area (Å²) in [6.07, 6.45) is 3.02. The van der Waals surface area contributed by atoms with Crippen LogP contribution in [-0.4, -0.2) is 18.1 Å². The molecule has 0 heterocycles. The van der Waals surface area contributed by atoms with Crippen LogP contribution in [0.1, 0.15) is 11.1 Å². The van der Waals surface area contributed by atoms with E-state index >= 15 is 0 Å². The van der Waals surface area contributed by atoms with E-state index in [4.69, 9.17) is 9.47 Å². The van der Waals surface area contributed by atoms with Crippen molar-refractivity contribution in [2.24, 2.45) is 0 Å². The molecule has 0 unspecified atom stereocenters. The van der Waals surface area contributed by atoms with E-state index in [1.54, 1.807) is 30.3 Å². The van der Waals surface area contributed by atoms with E-state index in [1.165, 1.54) is 19.3 Å². The molecule has 0 radical (unpaired) electrons. The summed E-state index contributed by atoms with van der Waals surface area (Å²) in [7, 11) is 1.48. The molecule has 2 N–H and O–H groups in total. The van der Waals surface area contributed by atoms with Crippen LogP contribution >= 0.6 is 0 Å². The standard InChI is InChI=1S/C23H21NO4/c1-27-22-12-10-17(14-21(22)25)11-13-23(26)24-19-8-5-9-20(15-19)28-16-18-6-3-2-4-7-18/h2-15,25H,16H2,1H3,(H,24,26). The predicted octanol–water partition coefficient (Wildman–Crippen LogP) is 4.63. The summed E-state index contributed by atoms with van der Waals surface area (Å²) in [5.74, 6) is 0.795. The molecule has 3 aromatic carbocycles. The Morgan fingerprint density at radius 3 is 2.61 bits per heavy atom. The molecule has 5 heteroatoms. The quantitative estimate of drug-likeness (QED) is 0.591. The zero-order valence-corrected chi connectivity index (χ0v) is 15.5. The maximum atomic E-state index is 12.2. The number of carbonyl (C=O) groups excluding carboxylic acids is 1. The Labute approximate surface area is 163 Å². The number of amides is 1. The molecule has 1 amide bonds. The Morgan fingerprint density at radius 1 is 1.04 bits per heavy atom. The van der Waals surface area contributed by atoms with Crippen LogP contribution in [0.5, 0.6) is 17.2 Å². The van der Waals surface area contributed by atoms with Crippen LogP contribution in [-0.2, 0) is 11.4 Å². The maximum Gasteiger partial charge on any atom is 0.248 e. The maximum absolute atomic E-state index is 12.2. The smallest absolute Gasteiger partial charge is 0.248 e. The lowest BCUT2D eigenvalue weighted by molar-refractivity contribution is -0.111. The lowest BCUT2D eigenvalue weighted by Gasteiger charge is -2.08. The third kappa shape index (κ3) is 5.38. The van der Waals surface area contributed by atoms with Crippen LogP contribution in [0, 0.1) is 0 Å². The number of benzene rings is 3. The SMILES string of the molecule is COc1ccc(C=CC(=O)Nc2cccc(OCc3ccccc3)c2)cc1O. The van der Waals surface area contributed by atoms with E-state index in [0.717, 1.165) is 5.56 Å². The number of ether oxygens (including phenoxy) is 2. The van der Waals surface area contributed by atoms with Crippen molar-refractivity contribution in [1.82, 2.24) is 0 Å². The zero-order chi connectivity index (χ0) is 19.8. The van der Waals surface area contributed by atoms with Crippen LogP contribution in [0.3, 0.4) is 0 Å². The van der Waals surface area contributed by atoms with Gasteiger partial charge in [-0.2, -0.15) is 0 Å². The molecule has 0 saturated carbocycles. The third-order valence-electron chi connectivity index (χ3n) is 3.98. The van der Waals surface area contributed by atoms with Gasteiger partial charge < -0.3 is 19.9 Å². The summed E-state index contributed by atoms with van der Waals surface area (Å²) in [6.45, 7) is 0.457. The monoisotopic (exact) mass is 375 g/mol. The number of hydrogen-bond acceptors (Lipinski definition) is 4. The zero-order valence-electron chi connectivity index (χ0n) is 15.5. The number of nitrogens with one attached hydrogen (secondary N) is 1. The van der Waals surface area contributed by atoms with Crippen molar-refractivity contribution in [3.05, 3.63) is 90.0 Å². The number of rotatable bonds is 7. The van der Waals surface area contributed by atoms with Crippen molar-refractivity contribution in [3.8, 4) is 17.2 Å². The fraction of sp³-hybridized carbons (Fsp3) is 0.0870. The second-order valence-corrected chi connectivity index (χ2v) is 6.06. The van der Waals surface area contributed by atoms with Gasteiger partial charge in [-0.1, -0.05) is 42.5 Å². The van der Waals surface area contributed by atoms with E-state index in [9.17, 15) is 9.90 Å². The molecule has 0 aromatic heterocycles. The number of methoxy groups -OCH3 is 1. The van der Waals surface area contributed by atoms with Gasteiger partial charge in [0.15, 0.2) is 11.5 Å². The fourth-order valence-corrected chi connectivity index (χ4v) is 2.57. The van der Waals surface area contributed by atoms with Gasteiger partial charge in [-0.15, -0.1) is 0 Å². The van der Waals surface area contributed by atoms with Gasteiger partial charge >= 0.3 is 0 Å². The number of phenolic OH excluding ortho intramolecular Hbond substituents is 1. The Kier molecular flexibility index (Phi) is 6.31. The third-order valence-corrected chi connectivity index (χ3v) is 3.98. The highest BCUT2D eigenvalue weighted by Gasteiger charge is 2.03. The van der Waals surface area contributed by atoms with Crippen molar-refractivity contribution >= 4 is 17.7 Å². The van der Waals surface area contributed by atoms with E-state index < -0.39 is 0 Å². The summed E-state index contributed by atoms with van der Waals surface area (Å²) in [5, 5.41) is 12.6. The summed E-state index contributed by atoms with van der Waals surface area (Å²) >= 11 is 0. The van der Waals surface area contributed by atoms with Gasteiger partial charge in [0, 0.05) is 17.8 Å². The predicted molar refractivity (Wildman–Crippen MR) is 110 cm³/mol. The molecule has 0 atom stereocenters. The van der Waals surface area contributed by atoms with E-state index in [-0.39, 0.29) is 11.7 Å². The molecular formula is C23H21NO4. The molecule has 28 heavy (non-hydrogen) atoms. The van der Waals surface area contributed by atoms with Gasteiger partial charge in [-0.25, -0.2) is 0 Å². The fourth-order valence-electron chi connectivity index (χ4n) is 2.57. The van der Waals surface area contributed by atoms with E-state index in [1.807, 2.05) is 42.5 Å². The van der Waals surface area contributed by atoms with Crippen molar-refractivity contribution < 1.29 is 19.4 Å². The first-order valence-electron chi connectivity index (χ1n) is 8.77. The first-order chi connectivity index (χ1) is 13.6. The molecule has 0 aliphatic rings. The van der Waals surface area contributed by atoms with Crippen LogP contribution < -0.4 is 14.8 Å². The molecule has 142 valence electrons. The minimum Gasteiger partial charge on any atom is -0.504 e. The van der Waals surface area contributed by atoms with Crippen molar-refractivity contribution in [1.29, 1.82) is 0 Å². The molecular weight excluding hydrogens is 354 g/mol. The van der Waals surface area contributed by atoms with Gasteiger partial charge in [-0.3, -0.25) is 4.79 Å². The number of anilines is 1. The summed E-state index contributed by atoms with van der Waals surface area (Å²) in [5.41, 5.74) is 2.40. The first-order valence-corrected chi connectivity index (χ1v) is 8.77. The normalized spacial score (nSPS) is 10.6. The summed E-state index contributed by atoms with van der Waals surface area (Å²) in [4.78, 5) is 12.2. The van der Waals surface area contributed by atoms with Crippen molar-refractivity contribution in [3.63, 3.8) is 0 Å². The topological polar surface area (TPSA) is 67.8 Å². The number of aromatic hydroxyl groups is 1. The largest absolute Gasteiger partial charge is 0.504 e. The van der Waals surface area contributed by atoms with Gasteiger partial charge in [-0.05, 0) is 41.5 Å². The van der Waals surface area contributed by atoms with Crippen molar-refractivity contribution in [2.45, 2.75) is 6.61 Å². The number of phenols is 1. The molecule has 0 spiro atoms. The Bertz CT molecular complexity index is 967. The Hall–Kier alpha value is -3.73. The highest BCUT2D eigenvalue weighted by molar-refractivity contribution is 6.02. The second-order valence-electron chi connectivity index (χ2n) is 6.06. The molecule has 3 aromatic rings. The summed E-state index contributed by atoms with van der Waals surface area (Å²) in [6, 6.07) is 22.0. The second kappa shape index (κ2) is 9.28. The van der Waals surface area contributed by atoms with Gasteiger partial charge in [0.25, 0.3) is 0 Å². The average molecular weight is 375 g/mol. The number of hydrogen-bond donors (Lipinski definition) is 2. The van der Waals surface area contributed by atoms with Gasteiger partial charge in [0.1, 0.15) is 12.4 Å². The van der Waals surface area contributed by atoms with E-state index in [2.05, 4.69) is 5.32 Å². The molecule has 0 saturated heterocycles. The van der Waals surface area contributed by atoms with Gasteiger partial charge in [0.2, 0.25) is 5.91 Å². The first kappa shape index (κ1) is 19.0. The lowest BCUT2D eigenvalue weighted by Crippen LogP contribution is -2.07. The molecule has 0 aliphatic heterocycles.